The second-order valence-corrected chi connectivity index (χ2v) is 7.13. The highest BCUT2D eigenvalue weighted by Gasteiger charge is 2.16. The summed E-state index contributed by atoms with van der Waals surface area (Å²) in [6, 6.07) is 8.45. The number of anilines is 1. The van der Waals surface area contributed by atoms with Gasteiger partial charge in [0.05, 0.1) is 17.3 Å². The zero-order chi connectivity index (χ0) is 22.9. The maximum atomic E-state index is 12.2. The lowest BCUT2D eigenvalue weighted by molar-refractivity contribution is -0.0498. The molecule has 0 bridgehead atoms. The highest BCUT2D eigenvalue weighted by Crippen LogP contribution is 2.23. The molecule has 1 amide bonds. The van der Waals surface area contributed by atoms with Gasteiger partial charge in [-0.25, -0.2) is 8.91 Å². The van der Waals surface area contributed by atoms with Gasteiger partial charge in [-0.05, 0) is 55.7 Å². The predicted molar refractivity (Wildman–Crippen MR) is 114 cm³/mol. The number of fused-ring (bicyclic) bond motifs is 1. The van der Waals surface area contributed by atoms with E-state index in [1.807, 2.05) is 18.3 Å². The molecule has 172 valence electrons. The molecule has 1 aromatic carbocycles. The molecule has 1 aliphatic heterocycles. The standard InChI is InChI=1S/C15H20N4O2.C7H5F3O/c20-9-3-5-16-15(21)13-11-17-19-8-4-12(10-14(13)19)18-6-1-2-7-18;8-5-1-3-6(4-2-5)11-7(9)10/h4,8,10-11,20H,1-3,5-7,9H2,(H,16,21);1-4,7H. The molecule has 0 saturated carbocycles. The number of amides is 1. The Morgan fingerprint density at radius 2 is 1.91 bits per heavy atom. The van der Waals surface area contributed by atoms with E-state index in [1.165, 1.54) is 12.8 Å². The Kier molecular flexibility index (Phi) is 8.32. The molecule has 3 heterocycles. The molecular weight excluding hydrogens is 425 g/mol. The summed E-state index contributed by atoms with van der Waals surface area (Å²) in [5.74, 6) is -0.662. The molecule has 4 rings (SSSR count). The number of benzene rings is 1. The Morgan fingerprint density at radius 3 is 2.56 bits per heavy atom. The Labute approximate surface area is 183 Å². The SMILES string of the molecule is Fc1ccc(OC(F)F)cc1.O=C(NCCCO)c1cnn2ccc(N3CCCC3)cc12. The highest BCUT2D eigenvalue weighted by atomic mass is 19.3. The number of rotatable bonds is 7. The fraction of sp³-hybridized carbons (Fsp3) is 0.364. The minimum Gasteiger partial charge on any atom is -0.435 e. The van der Waals surface area contributed by atoms with Crippen molar-refractivity contribution in [3.8, 4) is 5.75 Å². The number of hydrogen-bond acceptors (Lipinski definition) is 5. The minimum atomic E-state index is -2.86. The quantitative estimate of drug-likeness (QED) is 0.539. The van der Waals surface area contributed by atoms with E-state index in [0.717, 1.165) is 48.6 Å². The fourth-order valence-corrected chi connectivity index (χ4v) is 3.31. The van der Waals surface area contributed by atoms with E-state index >= 15 is 0 Å². The third kappa shape index (κ3) is 6.36. The van der Waals surface area contributed by atoms with Gasteiger partial charge < -0.3 is 20.1 Å². The number of carbonyl (C=O) groups excluding carboxylic acids is 1. The molecule has 1 aliphatic rings. The van der Waals surface area contributed by atoms with Crippen molar-refractivity contribution in [3.63, 3.8) is 0 Å². The summed E-state index contributed by atoms with van der Waals surface area (Å²) in [6.07, 6.45) is 6.49. The normalized spacial score (nSPS) is 13.2. The second kappa shape index (κ2) is 11.4. The van der Waals surface area contributed by atoms with Crippen molar-refractivity contribution in [3.05, 3.63) is 60.2 Å². The Hall–Kier alpha value is -3.27. The van der Waals surface area contributed by atoms with Crippen LogP contribution in [0.3, 0.4) is 0 Å². The second-order valence-electron chi connectivity index (χ2n) is 7.13. The number of halogens is 3. The number of carbonyl (C=O) groups is 1. The molecule has 0 atom stereocenters. The van der Waals surface area contributed by atoms with E-state index in [4.69, 9.17) is 5.11 Å². The molecule has 1 fully saturated rings. The summed E-state index contributed by atoms with van der Waals surface area (Å²) in [4.78, 5) is 14.5. The first-order valence-electron chi connectivity index (χ1n) is 10.3. The van der Waals surface area contributed by atoms with Gasteiger partial charge in [0, 0.05) is 38.1 Å². The zero-order valence-corrected chi connectivity index (χ0v) is 17.4. The fourth-order valence-electron chi connectivity index (χ4n) is 3.31. The van der Waals surface area contributed by atoms with Crippen LogP contribution in [0.5, 0.6) is 5.75 Å². The molecule has 7 nitrogen and oxygen atoms in total. The van der Waals surface area contributed by atoms with Crippen molar-refractivity contribution in [2.45, 2.75) is 25.9 Å². The first-order chi connectivity index (χ1) is 15.5. The van der Waals surface area contributed by atoms with Crippen molar-refractivity contribution in [1.29, 1.82) is 0 Å². The topological polar surface area (TPSA) is 79.1 Å². The van der Waals surface area contributed by atoms with Crippen LogP contribution in [0.1, 0.15) is 29.6 Å². The summed E-state index contributed by atoms with van der Waals surface area (Å²) < 4.78 is 40.9. The largest absolute Gasteiger partial charge is 0.435 e. The van der Waals surface area contributed by atoms with E-state index in [2.05, 4.69) is 20.1 Å². The summed E-state index contributed by atoms with van der Waals surface area (Å²) in [6.45, 7) is -0.169. The number of aromatic nitrogens is 2. The average Bonchev–Trinajstić information content (AvgIpc) is 3.45. The number of nitrogens with zero attached hydrogens (tertiary/aromatic N) is 3. The van der Waals surface area contributed by atoms with Crippen LogP contribution in [0.15, 0.2) is 48.8 Å². The third-order valence-corrected chi connectivity index (χ3v) is 4.88. The van der Waals surface area contributed by atoms with E-state index in [9.17, 15) is 18.0 Å². The Bertz CT molecular complexity index is 1010. The maximum Gasteiger partial charge on any atom is 0.387 e. The van der Waals surface area contributed by atoms with Gasteiger partial charge in [-0.3, -0.25) is 4.79 Å². The molecule has 10 heteroatoms. The molecule has 0 unspecified atom stereocenters. The molecule has 32 heavy (non-hydrogen) atoms. The van der Waals surface area contributed by atoms with Gasteiger partial charge in [-0.2, -0.15) is 13.9 Å². The lowest BCUT2D eigenvalue weighted by Gasteiger charge is -2.17. The van der Waals surface area contributed by atoms with E-state index in [1.54, 1.807) is 10.7 Å². The molecular formula is C22H25F3N4O3. The van der Waals surface area contributed by atoms with Crippen LogP contribution in [-0.2, 0) is 0 Å². The van der Waals surface area contributed by atoms with Crippen molar-refractivity contribution < 1.29 is 27.8 Å². The van der Waals surface area contributed by atoms with Crippen LogP contribution in [0, 0.1) is 5.82 Å². The van der Waals surface area contributed by atoms with Crippen LogP contribution < -0.4 is 15.0 Å². The molecule has 0 radical (unpaired) electrons. The van der Waals surface area contributed by atoms with E-state index in [-0.39, 0.29) is 18.3 Å². The lowest BCUT2D eigenvalue weighted by atomic mass is 10.2. The third-order valence-electron chi connectivity index (χ3n) is 4.88. The van der Waals surface area contributed by atoms with Gasteiger partial charge >= 0.3 is 6.61 Å². The van der Waals surface area contributed by atoms with Crippen LogP contribution in [-0.4, -0.2) is 53.5 Å². The van der Waals surface area contributed by atoms with Crippen molar-refractivity contribution in [2.75, 3.05) is 31.1 Å². The molecule has 1 saturated heterocycles. The first kappa shape index (κ1) is 23.4. The molecule has 0 spiro atoms. The van der Waals surface area contributed by atoms with Gasteiger partial charge in [-0.1, -0.05) is 0 Å². The van der Waals surface area contributed by atoms with E-state index in [0.29, 0.717) is 18.5 Å². The molecule has 2 aromatic heterocycles. The zero-order valence-electron chi connectivity index (χ0n) is 17.4. The van der Waals surface area contributed by atoms with Crippen LogP contribution in [0.25, 0.3) is 5.52 Å². The Balaban J connectivity index is 0.000000222. The number of aliphatic hydroxyl groups excluding tert-OH is 1. The van der Waals surface area contributed by atoms with Gasteiger partial charge in [0.15, 0.2) is 0 Å². The molecule has 3 aromatic rings. The van der Waals surface area contributed by atoms with Crippen LogP contribution >= 0.6 is 0 Å². The van der Waals surface area contributed by atoms with Gasteiger partial charge in [0.1, 0.15) is 11.6 Å². The molecule has 2 N–H and O–H groups in total. The Morgan fingerprint density at radius 1 is 1.19 bits per heavy atom. The number of hydrogen-bond donors (Lipinski definition) is 2. The van der Waals surface area contributed by atoms with Gasteiger partial charge in [0.25, 0.3) is 5.91 Å². The highest BCUT2D eigenvalue weighted by molar-refractivity contribution is 6.01. The summed E-state index contributed by atoms with van der Waals surface area (Å²) in [5, 5.41) is 15.8. The predicted octanol–water partition coefficient (Wildman–Crippen LogP) is 3.47. The van der Waals surface area contributed by atoms with Crippen molar-refractivity contribution >= 4 is 17.1 Å². The number of alkyl halides is 2. The van der Waals surface area contributed by atoms with Crippen molar-refractivity contribution in [2.24, 2.45) is 0 Å². The summed E-state index contributed by atoms with van der Waals surface area (Å²) in [5.41, 5.74) is 2.54. The van der Waals surface area contributed by atoms with Crippen molar-refractivity contribution in [1.82, 2.24) is 14.9 Å². The van der Waals surface area contributed by atoms with Crippen LogP contribution in [0.4, 0.5) is 18.9 Å². The minimum absolute atomic E-state index is 0.0404. The number of nitrogens with one attached hydrogen (secondary N) is 1. The van der Waals surface area contributed by atoms with Gasteiger partial charge in [0.2, 0.25) is 0 Å². The van der Waals surface area contributed by atoms with E-state index < -0.39 is 12.4 Å². The smallest absolute Gasteiger partial charge is 0.387 e. The summed E-state index contributed by atoms with van der Waals surface area (Å²) >= 11 is 0. The number of ether oxygens (including phenoxy) is 1. The average molecular weight is 450 g/mol. The van der Waals surface area contributed by atoms with Gasteiger partial charge in [-0.15, -0.1) is 0 Å². The summed E-state index contributed by atoms with van der Waals surface area (Å²) in [7, 11) is 0. The lowest BCUT2D eigenvalue weighted by Crippen LogP contribution is -2.25. The molecule has 0 aliphatic carbocycles. The number of aliphatic hydroxyl groups is 1. The van der Waals surface area contributed by atoms with Crippen LogP contribution in [0.2, 0.25) is 0 Å². The monoisotopic (exact) mass is 450 g/mol. The maximum absolute atomic E-state index is 12.2. The first-order valence-corrected chi connectivity index (χ1v) is 10.3. The number of pyridine rings is 1.